The lowest BCUT2D eigenvalue weighted by atomic mass is 9.88. The van der Waals surface area contributed by atoms with Crippen LogP contribution in [0.2, 0.25) is 0 Å². The highest BCUT2D eigenvalue weighted by molar-refractivity contribution is 5.00. The fraction of sp³-hybridized carbons (Fsp3) is 0.875. The molecule has 1 aliphatic rings. The number of hydrogen-bond acceptors (Lipinski definition) is 4. The average molecular weight is 293 g/mol. The fourth-order valence-electron chi connectivity index (χ4n) is 3.42. The maximum Gasteiger partial charge on any atom is 0.138 e. The van der Waals surface area contributed by atoms with Gasteiger partial charge in [-0.15, -0.1) is 0 Å². The van der Waals surface area contributed by atoms with Crippen molar-refractivity contribution in [3.05, 3.63) is 12.2 Å². The van der Waals surface area contributed by atoms with Crippen LogP contribution >= 0.6 is 0 Å². The predicted octanol–water partition coefficient (Wildman–Crippen LogP) is 2.08. The molecule has 0 bridgehead atoms. The Labute approximate surface area is 129 Å². The van der Waals surface area contributed by atoms with E-state index in [9.17, 15) is 0 Å². The van der Waals surface area contributed by atoms with Crippen molar-refractivity contribution >= 4 is 0 Å². The number of aromatic nitrogens is 3. The Hall–Kier alpha value is -0.940. The molecule has 1 saturated heterocycles. The summed E-state index contributed by atoms with van der Waals surface area (Å²) < 4.78 is 2.05. The average Bonchev–Trinajstić information content (AvgIpc) is 2.93. The lowest BCUT2D eigenvalue weighted by Gasteiger charge is -2.46. The van der Waals surface area contributed by atoms with Crippen LogP contribution in [0.4, 0.5) is 0 Å². The van der Waals surface area contributed by atoms with E-state index in [1.807, 2.05) is 0 Å². The van der Waals surface area contributed by atoms with E-state index in [4.69, 9.17) is 0 Å². The summed E-state index contributed by atoms with van der Waals surface area (Å²) in [4.78, 5) is 7.11. The van der Waals surface area contributed by atoms with Crippen LogP contribution in [0, 0.1) is 0 Å². The fourth-order valence-corrected chi connectivity index (χ4v) is 3.42. The van der Waals surface area contributed by atoms with Crippen LogP contribution in [0.3, 0.4) is 0 Å². The Balaban J connectivity index is 2.08. The molecule has 0 spiro atoms. The Morgan fingerprint density at radius 3 is 2.62 bits per heavy atom. The first-order chi connectivity index (χ1) is 10.1. The van der Waals surface area contributed by atoms with Gasteiger partial charge in [-0.2, -0.15) is 5.10 Å². The van der Waals surface area contributed by atoms with E-state index in [-0.39, 0.29) is 5.54 Å². The second-order valence-electron chi connectivity index (χ2n) is 6.65. The van der Waals surface area contributed by atoms with Crippen molar-refractivity contribution in [2.75, 3.05) is 20.1 Å². The summed E-state index contributed by atoms with van der Waals surface area (Å²) in [6.45, 7) is 10.3. The summed E-state index contributed by atoms with van der Waals surface area (Å²) in [5.41, 5.74) is 0.137. The summed E-state index contributed by atoms with van der Waals surface area (Å²) >= 11 is 0. The molecule has 0 aromatic carbocycles. The summed E-state index contributed by atoms with van der Waals surface area (Å²) in [5, 5.41) is 7.88. The van der Waals surface area contributed by atoms with Crippen LogP contribution in [-0.4, -0.2) is 51.4 Å². The maximum absolute atomic E-state index is 4.47. The van der Waals surface area contributed by atoms with Gasteiger partial charge in [0.15, 0.2) is 0 Å². The lowest BCUT2D eigenvalue weighted by Crippen LogP contribution is -2.59. The largest absolute Gasteiger partial charge is 0.315 e. The molecule has 0 radical (unpaired) electrons. The summed E-state index contributed by atoms with van der Waals surface area (Å²) in [5.74, 6) is 1.10. The first-order valence-electron chi connectivity index (χ1n) is 8.38. The zero-order valence-corrected chi connectivity index (χ0v) is 14.1. The molecule has 1 N–H and O–H groups in total. The molecular formula is C16H31N5. The smallest absolute Gasteiger partial charge is 0.138 e. The molecule has 2 rings (SSSR count). The van der Waals surface area contributed by atoms with Gasteiger partial charge >= 0.3 is 0 Å². The predicted molar refractivity (Wildman–Crippen MR) is 86.4 cm³/mol. The van der Waals surface area contributed by atoms with Crippen LogP contribution in [-0.2, 0) is 13.0 Å². The van der Waals surface area contributed by atoms with Crippen LogP contribution < -0.4 is 5.32 Å². The number of likely N-dealkylation sites (N-methyl/N-ethyl adjacent to an activating group) is 1. The van der Waals surface area contributed by atoms with Crippen molar-refractivity contribution < 1.29 is 0 Å². The van der Waals surface area contributed by atoms with Gasteiger partial charge in [0.1, 0.15) is 12.2 Å². The lowest BCUT2D eigenvalue weighted by molar-refractivity contribution is 0.0626. The van der Waals surface area contributed by atoms with Crippen LogP contribution in [0.5, 0.6) is 0 Å². The minimum Gasteiger partial charge on any atom is -0.315 e. The SMILES string of the molecule is CCCn1ncnc1CC(NC)C(C)(C)N1CCCCC1. The van der Waals surface area contributed by atoms with Gasteiger partial charge in [0, 0.05) is 24.5 Å². The zero-order valence-electron chi connectivity index (χ0n) is 14.1. The number of likely N-dealkylation sites (tertiary alicyclic amines) is 1. The van der Waals surface area contributed by atoms with E-state index in [1.54, 1.807) is 6.33 Å². The Morgan fingerprint density at radius 1 is 1.29 bits per heavy atom. The molecule has 0 aliphatic carbocycles. The molecule has 1 aromatic rings. The van der Waals surface area contributed by atoms with Crippen molar-refractivity contribution in [3.8, 4) is 0 Å². The van der Waals surface area contributed by atoms with Crippen molar-refractivity contribution in [2.24, 2.45) is 0 Å². The number of rotatable bonds is 7. The number of nitrogens with one attached hydrogen (secondary N) is 1. The second-order valence-corrected chi connectivity index (χ2v) is 6.65. The molecule has 21 heavy (non-hydrogen) atoms. The van der Waals surface area contributed by atoms with E-state index >= 15 is 0 Å². The first kappa shape index (κ1) is 16.4. The number of piperidine rings is 1. The maximum atomic E-state index is 4.47. The molecule has 5 nitrogen and oxygen atoms in total. The van der Waals surface area contributed by atoms with E-state index in [1.165, 1.54) is 32.4 Å². The summed E-state index contributed by atoms with van der Waals surface area (Å²) in [7, 11) is 2.07. The third-order valence-corrected chi connectivity index (χ3v) is 4.89. The van der Waals surface area contributed by atoms with Crippen LogP contribution in [0.15, 0.2) is 6.33 Å². The molecule has 1 aromatic heterocycles. The van der Waals surface area contributed by atoms with E-state index in [0.717, 1.165) is 25.2 Å². The highest BCUT2D eigenvalue weighted by atomic mass is 15.3. The second kappa shape index (κ2) is 7.36. The number of aryl methyl sites for hydroxylation is 1. The standard InChI is InChI=1S/C16H31N5/c1-5-9-21-15(18-13-19-21)12-14(17-4)16(2,3)20-10-7-6-8-11-20/h13-14,17H,5-12H2,1-4H3. The minimum absolute atomic E-state index is 0.137. The number of nitrogens with zero attached hydrogens (tertiary/aromatic N) is 4. The monoisotopic (exact) mass is 293 g/mol. The van der Waals surface area contributed by atoms with Gasteiger partial charge in [0.2, 0.25) is 0 Å². The van der Waals surface area contributed by atoms with Crippen molar-refractivity contribution in [2.45, 2.75) is 71.0 Å². The minimum atomic E-state index is 0.137. The van der Waals surface area contributed by atoms with Gasteiger partial charge in [0.25, 0.3) is 0 Å². The topological polar surface area (TPSA) is 46.0 Å². The molecule has 0 saturated carbocycles. The first-order valence-corrected chi connectivity index (χ1v) is 8.38. The third kappa shape index (κ3) is 3.83. The van der Waals surface area contributed by atoms with Crippen LogP contribution in [0.25, 0.3) is 0 Å². The Kier molecular flexibility index (Phi) is 5.76. The van der Waals surface area contributed by atoms with E-state index < -0.39 is 0 Å². The van der Waals surface area contributed by atoms with E-state index in [2.05, 4.69) is 52.8 Å². The molecule has 1 atom stereocenters. The van der Waals surface area contributed by atoms with Crippen LogP contribution in [0.1, 0.15) is 52.3 Å². The van der Waals surface area contributed by atoms with Crippen molar-refractivity contribution in [1.82, 2.24) is 25.0 Å². The number of hydrogen-bond donors (Lipinski definition) is 1. The highest BCUT2D eigenvalue weighted by Gasteiger charge is 2.35. The molecule has 2 heterocycles. The molecular weight excluding hydrogens is 262 g/mol. The molecule has 5 heteroatoms. The summed E-state index contributed by atoms with van der Waals surface area (Å²) in [6, 6.07) is 0.385. The normalized spacial score (nSPS) is 18.9. The van der Waals surface area contributed by atoms with Gasteiger partial charge in [-0.3, -0.25) is 9.58 Å². The van der Waals surface area contributed by atoms with Crippen molar-refractivity contribution in [3.63, 3.8) is 0 Å². The third-order valence-electron chi connectivity index (χ3n) is 4.89. The van der Waals surface area contributed by atoms with Gasteiger partial charge in [-0.1, -0.05) is 13.3 Å². The van der Waals surface area contributed by atoms with Gasteiger partial charge in [-0.25, -0.2) is 4.98 Å². The zero-order chi connectivity index (χ0) is 15.3. The molecule has 120 valence electrons. The van der Waals surface area contributed by atoms with E-state index in [0.29, 0.717) is 6.04 Å². The Morgan fingerprint density at radius 2 is 2.00 bits per heavy atom. The van der Waals surface area contributed by atoms with Gasteiger partial charge in [-0.05, 0) is 53.2 Å². The van der Waals surface area contributed by atoms with Gasteiger partial charge in [0.05, 0.1) is 0 Å². The summed E-state index contributed by atoms with van der Waals surface area (Å²) in [6.07, 6.45) is 7.74. The van der Waals surface area contributed by atoms with Crippen molar-refractivity contribution in [1.29, 1.82) is 0 Å². The van der Waals surface area contributed by atoms with Gasteiger partial charge < -0.3 is 5.32 Å². The quantitative estimate of drug-likeness (QED) is 0.836. The molecule has 1 unspecified atom stereocenters. The molecule has 0 amide bonds. The molecule has 1 aliphatic heterocycles. The molecule has 1 fully saturated rings. The Bertz CT molecular complexity index is 420. The highest BCUT2D eigenvalue weighted by Crippen LogP contribution is 2.25.